The van der Waals surface area contributed by atoms with Gasteiger partial charge < -0.3 is 14.8 Å². The Hall–Kier alpha value is -4.13. The number of ether oxygens (including phenoxy) is 2. The van der Waals surface area contributed by atoms with E-state index in [9.17, 15) is 0 Å². The van der Waals surface area contributed by atoms with E-state index in [0.29, 0.717) is 25.0 Å². The normalized spacial score (nSPS) is 13.0. The highest BCUT2D eigenvalue weighted by atomic mass is 35.5. The summed E-state index contributed by atoms with van der Waals surface area (Å²) in [4.78, 5) is 4.79. The molecule has 7 heteroatoms. The molecule has 6 nitrogen and oxygen atoms in total. The van der Waals surface area contributed by atoms with Crippen LogP contribution < -0.4 is 14.8 Å². The number of benzene rings is 3. The van der Waals surface area contributed by atoms with Gasteiger partial charge in [-0.2, -0.15) is 10.1 Å². The van der Waals surface area contributed by atoms with Gasteiger partial charge in [0.05, 0.1) is 11.1 Å². The van der Waals surface area contributed by atoms with Crippen molar-refractivity contribution in [2.24, 2.45) is 7.05 Å². The maximum Gasteiger partial charge on any atom is 0.226 e. The molecule has 198 valence electrons. The molecule has 0 saturated heterocycles. The molecule has 3 heterocycles. The van der Waals surface area contributed by atoms with E-state index in [1.54, 1.807) is 0 Å². The summed E-state index contributed by atoms with van der Waals surface area (Å²) >= 11 is 0. The molecule has 0 unspecified atom stereocenters. The van der Waals surface area contributed by atoms with Gasteiger partial charge in [-0.1, -0.05) is 84.9 Å². The van der Waals surface area contributed by atoms with Crippen molar-refractivity contribution in [3.05, 3.63) is 114 Å². The third kappa shape index (κ3) is 5.82. The number of nitrogens with one attached hydrogen (secondary N) is 1. The molecule has 0 amide bonds. The monoisotopic (exact) mass is 538 g/mol. The number of pyridine rings is 1. The van der Waals surface area contributed by atoms with Gasteiger partial charge in [0.25, 0.3) is 0 Å². The Balaban J connectivity index is 0.00000308. The van der Waals surface area contributed by atoms with E-state index >= 15 is 0 Å². The molecule has 0 atom stereocenters. The highest BCUT2D eigenvalue weighted by Gasteiger charge is 2.20. The first-order valence-electron chi connectivity index (χ1n) is 13.0. The van der Waals surface area contributed by atoms with Crippen LogP contribution in [0, 0.1) is 0 Å². The zero-order valence-electron chi connectivity index (χ0n) is 21.8. The minimum Gasteiger partial charge on any atom is -0.473 e. The Kier molecular flexibility index (Phi) is 8.25. The number of nitrogens with zero attached hydrogens (tertiary/aromatic N) is 3. The number of para-hydroxylation sites is 1. The maximum absolute atomic E-state index is 6.32. The third-order valence-electron chi connectivity index (χ3n) is 6.81. The largest absolute Gasteiger partial charge is 0.473 e. The molecule has 0 aliphatic carbocycles. The number of rotatable bonds is 8. The van der Waals surface area contributed by atoms with E-state index in [-0.39, 0.29) is 12.4 Å². The molecule has 0 fully saturated rings. The summed E-state index contributed by atoms with van der Waals surface area (Å²) in [5, 5.41) is 9.45. The van der Waals surface area contributed by atoms with E-state index < -0.39 is 0 Å². The fourth-order valence-electron chi connectivity index (χ4n) is 4.91. The van der Waals surface area contributed by atoms with Crippen LogP contribution in [0.15, 0.2) is 97.1 Å². The van der Waals surface area contributed by atoms with E-state index in [2.05, 4.69) is 29.6 Å². The molecule has 2 aromatic heterocycles. The van der Waals surface area contributed by atoms with Crippen molar-refractivity contribution >= 4 is 28.9 Å². The molecule has 1 aliphatic rings. The molecule has 0 saturated carbocycles. The molecule has 39 heavy (non-hydrogen) atoms. The topological polar surface area (TPSA) is 61.2 Å². The van der Waals surface area contributed by atoms with E-state index in [4.69, 9.17) is 19.6 Å². The molecule has 0 radical (unpaired) electrons. The Morgan fingerprint density at radius 2 is 1.51 bits per heavy atom. The van der Waals surface area contributed by atoms with Gasteiger partial charge in [0.1, 0.15) is 18.9 Å². The standard InChI is InChI=1S/C32H30N4O2.ClH/c1-36-31-26(25-17-19-33-20-18-25)13-8-14-27(31)30(35-36)28-15-16-29(37-21-23-9-4-2-5-10-23)34-32(28)38-22-24-11-6-3-7-12-24;/h2-17,33H,18-22H2,1H3;1H. The summed E-state index contributed by atoms with van der Waals surface area (Å²) in [6.45, 7) is 2.71. The summed E-state index contributed by atoms with van der Waals surface area (Å²) < 4.78 is 14.3. The predicted octanol–water partition coefficient (Wildman–Crippen LogP) is 6.59. The summed E-state index contributed by atoms with van der Waals surface area (Å²) in [7, 11) is 2.01. The molecule has 5 aromatic rings. The van der Waals surface area contributed by atoms with Crippen LogP contribution in [0.1, 0.15) is 23.1 Å². The first-order valence-corrected chi connectivity index (χ1v) is 13.0. The number of fused-ring (bicyclic) bond motifs is 1. The summed E-state index contributed by atoms with van der Waals surface area (Å²) in [5.74, 6) is 1.02. The first-order chi connectivity index (χ1) is 18.8. The van der Waals surface area contributed by atoms with Crippen LogP contribution in [-0.2, 0) is 20.3 Å². The lowest BCUT2D eigenvalue weighted by molar-refractivity contribution is 0.268. The van der Waals surface area contributed by atoms with Crippen molar-refractivity contribution in [1.82, 2.24) is 20.1 Å². The Labute approximate surface area is 234 Å². The minimum atomic E-state index is 0. The SMILES string of the molecule is Cl.Cn1nc(-c2ccc(OCc3ccccc3)nc2OCc2ccccc2)c2cccc(C3=CCNCC3)c21. The number of halogens is 1. The van der Waals surface area contributed by atoms with E-state index in [0.717, 1.165) is 52.8 Å². The second-order valence-electron chi connectivity index (χ2n) is 9.41. The van der Waals surface area contributed by atoms with Crippen molar-refractivity contribution in [1.29, 1.82) is 0 Å². The van der Waals surface area contributed by atoms with Crippen LogP contribution in [0.25, 0.3) is 27.7 Å². The average molecular weight is 539 g/mol. The van der Waals surface area contributed by atoms with Crippen molar-refractivity contribution in [2.75, 3.05) is 13.1 Å². The zero-order valence-corrected chi connectivity index (χ0v) is 22.7. The van der Waals surface area contributed by atoms with Gasteiger partial charge >= 0.3 is 0 Å². The smallest absolute Gasteiger partial charge is 0.226 e. The maximum atomic E-state index is 6.32. The number of aromatic nitrogens is 3. The second kappa shape index (κ2) is 12.2. The van der Waals surface area contributed by atoms with Crippen LogP contribution in [0.5, 0.6) is 11.8 Å². The third-order valence-corrected chi connectivity index (χ3v) is 6.81. The van der Waals surface area contributed by atoms with Gasteiger partial charge in [0.2, 0.25) is 11.8 Å². The fourth-order valence-corrected chi connectivity index (χ4v) is 4.91. The number of hydrogen-bond donors (Lipinski definition) is 1. The number of aryl methyl sites for hydroxylation is 1. The van der Waals surface area contributed by atoms with Crippen LogP contribution >= 0.6 is 12.4 Å². The van der Waals surface area contributed by atoms with Crippen LogP contribution in [0.2, 0.25) is 0 Å². The highest BCUT2D eigenvalue weighted by molar-refractivity contribution is 6.00. The zero-order chi connectivity index (χ0) is 25.7. The summed E-state index contributed by atoms with van der Waals surface area (Å²) in [6.07, 6.45) is 3.28. The molecular weight excluding hydrogens is 508 g/mol. The van der Waals surface area contributed by atoms with Crippen LogP contribution in [0.3, 0.4) is 0 Å². The lowest BCUT2D eigenvalue weighted by atomic mass is 9.97. The molecular formula is C32H31ClN4O2. The number of hydrogen-bond acceptors (Lipinski definition) is 5. The molecule has 0 bridgehead atoms. The first kappa shape index (κ1) is 26.5. The summed E-state index contributed by atoms with van der Waals surface area (Å²) in [6, 6.07) is 30.5. The fraction of sp³-hybridized carbons (Fsp3) is 0.188. The molecule has 0 spiro atoms. The Bertz CT molecular complexity index is 1580. The molecule has 3 aromatic carbocycles. The molecule has 1 aliphatic heterocycles. The lowest BCUT2D eigenvalue weighted by Crippen LogP contribution is -2.20. The van der Waals surface area contributed by atoms with Crippen molar-refractivity contribution in [3.63, 3.8) is 0 Å². The van der Waals surface area contributed by atoms with Gasteiger partial charge in [0, 0.05) is 30.6 Å². The Morgan fingerprint density at radius 1 is 0.795 bits per heavy atom. The van der Waals surface area contributed by atoms with Crippen LogP contribution in [-0.4, -0.2) is 27.9 Å². The van der Waals surface area contributed by atoms with Gasteiger partial charge in [-0.05, 0) is 35.7 Å². The molecule has 6 rings (SSSR count). The van der Waals surface area contributed by atoms with E-state index in [1.807, 2.05) is 84.5 Å². The predicted molar refractivity (Wildman–Crippen MR) is 158 cm³/mol. The quantitative estimate of drug-likeness (QED) is 0.241. The molecule has 1 N–H and O–H groups in total. The minimum absolute atomic E-state index is 0. The van der Waals surface area contributed by atoms with Crippen molar-refractivity contribution in [3.8, 4) is 23.0 Å². The highest BCUT2D eigenvalue weighted by Crippen LogP contribution is 2.38. The van der Waals surface area contributed by atoms with Gasteiger partial charge in [-0.25, -0.2) is 0 Å². The van der Waals surface area contributed by atoms with Crippen molar-refractivity contribution < 1.29 is 9.47 Å². The second-order valence-corrected chi connectivity index (χ2v) is 9.41. The van der Waals surface area contributed by atoms with Gasteiger partial charge in [-0.3, -0.25) is 4.68 Å². The average Bonchev–Trinajstić information content (AvgIpc) is 3.33. The van der Waals surface area contributed by atoms with Gasteiger partial charge in [-0.15, -0.1) is 12.4 Å². The lowest BCUT2D eigenvalue weighted by Gasteiger charge is -2.15. The summed E-state index contributed by atoms with van der Waals surface area (Å²) in [5.41, 5.74) is 7.55. The van der Waals surface area contributed by atoms with Gasteiger partial charge in [0.15, 0.2) is 0 Å². The Morgan fingerprint density at radius 3 is 2.21 bits per heavy atom. The van der Waals surface area contributed by atoms with E-state index in [1.165, 1.54) is 11.1 Å². The van der Waals surface area contributed by atoms with Crippen LogP contribution in [0.4, 0.5) is 0 Å². The van der Waals surface area contributed by atoms with Crippen molar-refractivity contribution in [2.45, 2.75) is 19.6 Å².